The molecule has 0 unspecified atom stereocenters. The van der Waals surface area contributed by atoms with Gasteiger partial charge in [-0.15, -0.1) is 0 Å². The van der Waals surface area contributed by atoms with E-state index >= 15 is 0 Å². The number of amides is 1. The molecule has 0 aliphatic carbocycles. The lowest BCUT2D eigenvalue weighted by molar-refractivity contribution is -0.130. The minimum Gasteiger partial charge on any atom is -0.341 e. The molecule has 3 heterocycles. The number of likely N-dealkylation sites (tertiary alicyclic amines) is 1. The Kier molecular flexibility index (Phi) is 5.56. The van der Waals surface area contributed by atoms with Crippen molar-refractivity contribution in [3.8, 4) is 0 Å². The van der Waals surface area contributed by atoms with Crippen molar-refractivity contribution in [3.05, 3.63) is 30.6 Å². The van der Waals surface area contributed by atoms with Crippen molar-refractivity contribution in [2.45, 2.75) is 49.8 Å². The van der Waals surface area contributed by atoms with Crippen molar-refractivity contribution in [1.82, 2.24) is 14.5 Å². The number of hydrogen-bond donors (Lipinski definition) is 0. The van der Waals surface area contributed by atoms with Crippen LogP contribution in [0.5, 0.6) is 0 Å². The van der Waals surface area contributed by atoms with Gasteiger partial charge in [0.25, 0.3) is 0 Å². The molecule has 0 spiro atoms. The van der Waals surface area contributed by atoms with Crippen LogP contribution < -0.4 is 0 Å². The monoisotopic (exact) mass is 375 g/mol. The summed E-state index contributed by atoms with van der Waals surface area (Å²) in [6.07, 6.45) is 8.51. The highest BCUT2D eigenvalue weighted by Gasteiger charge is 2.27. The Balaban J connectivity index is 1.26. The number of fused-ring (bicyclic) bond motifs is 1. The average Bonchev–Trinajstić information content (AvgIpc) is 3.38. The molecule has 2 fully saturated rings. The molecule has 0 radical (unpaired) electrons. The largest absolute Gasteiger partial charge is 0.341 e. The predicted molar refractivity (Wildman–Crippen MR) is 107 cm³/mol. The van der Waals surface area contributed by atoms with Gasteiger partial charge in [0.15, 0.2) is 0 Å². The molecule has 4 nitrogen and oxygen atoms in total. The molecule has 25 heavy (non-hydrogen) atoms. The minimum absolute atomic E-state index is 0.334. The number of carbonyl (C=O) groups is 1. The molecular weight excluding hydrogens is 350 g/mol. The molecule has 2 aromatic rings. The maximum atomic E-state index is 12.5. The van der Waals surface area contributed by atoms with Crippen molar-refractivity contribution in [1.29, 1.82) is 0 Å². The van der Waals surface area contributed by atoms with Crippen LogP contribution in [-0.2, 0) is 4.79 Å². The third-order valence-corrected chi connectivity index (χ3v) is 8.29. The molecule has 2 atom stereocenters. The van der Waals surface area contributed by atoms with Gasteiger partial charge in [-0.25, -0.2) is 4.98 Å². The summed E-state index contributed by atoms with van der Waals surface area (Å²) >= 11 is 0. The maximum Gasteiger partial charge on any atom is 0.222 e. The molecule has 4 rings (SSSR count). The Morgan fingerprint density at radius 2 is 2.16 bits per heavy atom. The van der Waals surface area contributed by atoms with Gasteiger partial charge in [-0.05, 0) is 37.8 Å². The normalized spacial score (nSPS) is 23.6. The van der Waals surface area contributed by atoms with Gasteiger partial charge >= 0.3 is 0 Å². The summed E-state index contributed by atoms with van der Waals surface area (Å²) < 4.78 is 2.25. The van der Waals surface area contributed by atoms with Gasteiger partial charge in [-0.1, -0.05) is 40.1 Å². The quantitative estimate of drug-likeness (QED) is 0.549. The van der Waals surface area contributed by atoms with Gasteiger partial charge in [0.1, 0.15) is 0 Å². The SMILES string of the molecule is O=C(CCCC[C@H]1CCSS1)N1CC[C@H](n2cnc3ccccc32)C1. The number of para-hydroxylation sites is 2. The van der Waals surface area contributed by atoms with E-state index in [1.54, 1.807) is 0 Å². The number of benzene rings is 1. The molecule has 2 aliphatic rings. The molecule has 1 aromatic heterocycles. The first-order valence-electron chi connectivity index (χ1n) is 9.29. The van der Waals surface area contributed by atoms with Gasteiger partial charge < -0.3 is 9.47 Å². The predicted octanol–water partition coefficient (Wildman–Crippen LogP) is 4.52. The Morgan fingerprint density at radius 1 is 1.24 bits per heavy atom. The van der Waals surface area contributed by atoms with Gasteiger partial charge in [-0.3, -0.25) is 4.79 Å². The van der Waals surface area contributed by atoms with E-state index in [1.165, 1.54) is 30.5 Å². The molecule has 134 valence electrons. The lowest BCUT2D eigenvalue weighted by atomic mass is 10.1. The van der Waals surface area contributed by atoms with E-state index in [9.17, 15) is 4.79 Å². The topological polar surface area (TPSA) is 38.1 Å². The minimum atomic E-state index is 0.334. The molecule has 1 amide bonds. The maximum absolute atomic E-state index is 12.5. The molecule has 0 N–H and O–H groups in total. The second-order valence-electron chi connectivity index (χ2n) is 7.00. The van der Waals surface area contributed by atoms with Crippen LogP contribution in [0.25, 0.3) is 11.0 Å². The lowest BCUT2D eigenvalue weighted by Crippen LogP contribution is -2.28. The Hall–Kier alpha value is -1.14. The van der Waals surface area contributed by atoms with E-state index in [2.05, 4.69) is 26.6 Å². The Morgan fingerprint density at radius 3 is 3.04 bits per heavy atom. The first kappa shape index (κ1) is 17.3. The second kappa shape index (κ2) is 8.04. The lowest BCUT2D eigenvalue weighted by Gasteiger charge is -2.17. The summed E-state index contributed by atoms with van der Waals surface area (Å²) in [6.45, 7) is 1.71. The molecule has 6 heteroatoms. The third kappa shape index (κ3) is 4.00. The van der Waals surface area contributed by atoms with Gasteiger partial charge in [-0.2, -0.15) is 0 Å². The first-order valence-corrected chi connectivity index (χ1v) is 11.7. The Bertz CT molecular complexity index is 726. The number of rotatable bonds is 6. The standard InChI is InChI=1S/C19H25N3OS2/c23-19(8-4-1-5-16-10-12-24-25-16)21-11-9-15(13-21)22-14-20-17-6-2-3-7-18(17)22/h2-3,6-7,14-16H,1,4-5,8-13H2/t15-,16-/m0/s1. The summed E-state index contributed by atoms with van der Waals surface area (Å²) in [7, 11) is 4.04. The Labute approximate surface area is 157 Å². The zero-order chi connectivity index (χ0) is 17.1. The van der Waals surface area contributed by atoms with E-state index in [4.69, 9.17) is 0 Å². The fraction of sp³-hybridized carbons (Fsp3) is 0.579. The van der Waals surface area contributed by atoms with E-state index in [0.717, 1.165) is 36.7 Å². The number of imidazole rings is 1. The van der Waals surface area contributed by atoms with Crippen molar-refractivity contribution >= 4 is 38.5 Å². The van der Waals surface area contributed by atoms with Crippen LogP contribution >= 0.6 is 21.6 Å². The van der Waals surface area contributed by atoms with Crippen LogP contribution in [0.3, 0.4) is 0 Å². The smallest absolute Gasteiger partial charge is 0.222 e. The number of unbranched alkanes of at least 4 members (excludes halogenated alkanes) is 1. The summed E-state index contributed by atoms with van der Waals surface area (Å²) in [5, 5.41) is 0.825. The summed E-state index contributed by atoms with van der Waals surface area (Å²) in [6, 6.07) is 8.60. The summed E-state index contributed by atoms with van der Waals surface area (Å²) in [4.78, 5) is 19.1. The van der Waals surface area contributed by atoms with E-state index in [1.807, 2.05) is 40.0 Å². The van der Waals surface area contributed by atoms with Crippen LogP contribution in [0.2, 0.25) is 0 Å². The van der Waals surface area contributed by atoms with Crippen LogP contribution in [0.4, 0.5) is 0 Å². The molecule has 0 saturated carbocycles. The number of nitrogens with zero attached hydrogens (tertiary/aromatic N) is 3. The van der Waals surface area contributed by atoms with Gasteiger partial charge in [0.05, 0.1) is 23.4 Å². The number of aromatic nitrogens is 2. The fourth-order valence-electron chi connectivity index (χ4n) is 3.84. The van der Waals surface area contributed by atoms with E-state index < -0.39 is 0 Å². The zero-order valence-corrected chi connectivity index (χ0v) is 16.1. The average molecular weight is 376 g/mol. The van der Waals surface area contributed by atoms with Crippen LogP contribution in [0.1, 0.15) is 44.6 Å². The van der Waals surface area contributed by atoms with Crippen molar-refractivity contribution < 1.29 is 4.79 Å². The first-order chi connectivity index (χ1) is 12.3. The van der Waals surface area contributed by atoms with E-state index in [-0.39, 0.29) is 0 Å². The summed E-state index contributed by atoms with van der Waals surface area (Å²) in [5.41, 5.74) is 2.21. The van der Waals surface area contributed by atoms with E-state index in [0.29, 0.717) is 18.4 Å². The molecule has 1 aromatic carbocycles. The summed E-state index contributed by atoms with van der Waals surface area (Å²) in [5.74, 6) is 1.63. The zero-order valence-electron chi connectivity index (χ0n) is 14.5. The number of hydrogen-bond acceptors (Lipinski definition) is 4. The second-order valence-corrected chi connectivity index (χ2v) is 9.78. The van der Waals surface area contributed by atoms with Crippen LogP contribution in [-0.4, -0.2) is 44.5 Å². The third-order valence-electron chi connectivity index (χ3n) is 5.28. The molecule has 2 aliphatic heterocycles. The van der Waals surface area contributed by atoms with Gasteiger partial charge in [0.2, 0.25) is 5.91 Å². The fourth-order valence-corrected chi connectivity index (χ4v) is 6.86. The highest BCUT2D eigenvalue weighted by molar-refractivity contribution is 8.77. The van der Waals surface area contributed by atoms with Crippen molar-refractivity contribution in [2.75, 3.05) is 18.8 Å². The van der Waals surface area contributed by atoms with Gasteiger partial charge in [0, 0.05) is 30.5 Å². The van der Waals surface area contributed by atoms with Crippen molar-refractivity contribution in [2.24, 2.45) is 0 Å². The van der Waals surface area contributed by atoms with Crippen molar-refractivity contribution in [3.63, 3.8) is 0 Å². The van der Waals surface area contributed by atoms with Crippen LogP contribution in [0.15, 0.2) is 30.6 Å². The number of carbonyl (C=O) groups excluding carboxylic acids is 1. The molecular formula is C19H25N3OS2. The molecule has 0 bridgehead atoms. The highest BCUT2D eigenvalue weighted by Crippen LogP contribution is 2.40. The molecule has 2 saturated heterocycles. The highest BCUT2D eigenvalue weighted by atomic mass is 33.1. The van der Waals surface area contributed by atoms with Crippen LogP contribution in [0, 0.1) is 0 Å².